The first kappa shape index (κ1) is 80.6. The van der Waals surface area contributed by atoms with Gasteiger partial charge in [-0.2, -0.15) is 0 Å². The number of unbranched alkanes of at least 4 members (excludes halogenated alkanes) is 1. The average Bonchev–Trinajstić information content (AvgIpc) is 1.60. The van der Waals surface area contributed by atoms with Gasteiger partial charge in [-0.15, -0.1) is 0 Å². The quantitative estimate of drug-likeness (QED) is 0.0576. The van der Waals surface area contributed by atoms with Gasteiger partial charge in [0.1, 0.15) is 10.0 Å². The highest BCUT2D eigenvalue weighted by Crippen LogP contribution is 2.51. The number of pyridine rings is 2. The van der Waals surface area contributed by atoms with Crippen molar-refractivity contribution in [3.8, 4) is 22.3 Å². The molecule has 3 N–H and O–H groups in total. The Morgan fingerprint density at radius 2 is 1.10 bits per heavy atom. The Balaban J connectivity index is 0.000000117. The molecule has 4 aliphatic heterocycles. The van der Waals surface area contributed by atoms with Crippen molar-refractivity contribution in [1.29, 1.82) is 0 Å². The molecular formula is C96H101N9O8S4. The van der Waals surface area contributed by atoms with E-state index in [-0.39, 0.29) is 53.5 Å². The number of aliphatic carboxylic acids is 1. The van der Waals surface area contributed by atoms with E-state index in [4.69, 9.17) is 29.5 Å². The number of hydrogen-bond donors (Lipinski definition) is 3. The van der Waals surface area contributed by atoms with Gasteiger partial charge >= 0.3 is 5.97 Å². The number of amides is 2. The number of hydrogen-bond acceptors (Lipinski definition) is 15. The lowest BCUT2D eigenvalue weighted by Crippen LogP contribution is -2.32. The second-order valence-electron chi connectivity index (χ2n) is 32.0. The SMILES string of the molecule is CCCCn1c(=O)cc2c3c(c(NC4CCCCC4)ccc31)C(=O)c1ccccc1-2.CCN1C(=S)N(c2ccccc2)C(=O)/C1=C/C=C1/Sc2ccccc2N1CC.CCN1c2ccc(/C=C3/SC(=S)N(CCC(=O)O)C3=O)cc2C2CCCC21.O=C1c2ccccc2-c2cc(=O)n(C3CCCCC3)c3ccc(NC4CCCCC4)c1c23. The first-order valence-electron chi connectivity index (χ1n) is 42.3. The lowest BCUT2D eigenvalue weighted by atomic mass is 9.82. The van der Waals surface area contributed by atoms with E-state index in [1.54, 1.807) is 28.8 Å². The first-order chi connectivity index (χ1) is 57.0. The van der Waals surface area contributed by atoms with E-state index in [0.717, 1.165) is 160 Å². The van der Waals surface area contributed by atoms with Crippen LogP contribution in [0.5, 0.6) is 0 Å². The Labute approximate surface area is 703 Å². The van der Waals surface area contributed by atoms with E-state index >= 15 is 0 Å². The summed E-state index contributed by atoms with van der Waals surface area (Å²) < 4.78 is 4.27. The fourth-order valence-electron chi connectivity index (χ4n) is 19.4. The second-order valence-corrected chi connectivity index (χ2v) is 35.1. The molecule has 117 heavy (non-hydrogen) atoms. The summed E-state index contributed by atoms with van der Waals surface area (Å²) in [6.07, 6.45) is 29.2. The molecule has 9 aromatic rings. The molecule has 4 saturated carbocycles. The number of anilines is 5. The number of likely N-dealkylation sites (N-methyl/N-ethyl adjacent to an activating group) is 2. The molecule has 2 atom stereocenters. The molecule has 19 rings (SSSR count). The van der Waals surface area contributed by atoms with Crippen LogP contribution in [0.4, 0.5) is 28.4 Å². The van der Waals surface area contributed by atoms with E-state index in [9.17, 15) is 33.6 Å². The van der Waals surface area contributed by atoms with Crippen molar-refractivity contribution in [3.05, 3.63) is 240 Å². The fraction of sp³-hybridized carbons (Fsp3) is 0.365. The molecule has 0 bridgehead atoms. The number of benzene rings is 7. The first-order valence-corrected chi connectivity index (χ1v) is 44.8. The van der Waals surface area contributed by atoms with E-state index in [1.807, 2.05) is 130 Å². The molecule has 2 saturated heterocycles. The zero-order chi connectivity index (χ0) is 81.1. The second kappa shape index (κ2) is 35.6. The number of thiocarbonyl (C=S) groups is 2. The molecule has 10 aliphatic rings. The Morgan fingerprint density at radius 3 is 1.72 bits per heavy atom. The molecule has 0 spiro atoms. The van der Waals surface area contributed by atoms with Crippen molar-refractivity contribution >= 4 is 143 Å². The number of fused-ring (bicyclic) bond motifs is 8. The number of carboxylic acid groups (broad SMARTS) is 1. The largest absolute Gasteiger partial charge is 0.481 e. The summed E-state index contributed by atoms with van der Waals surface area (Å²) >= 11 is 13.8. The number of thioether (sulfide) groups is 2. The van der Waals surface area contributed by atoms with Crippen LogP contribution in [0.2, 0.25) is 0 Å². The highest BCUT2D eigenvalue weighted by Gasteiger charge is 2.43. The number of nitrogens with one attached hydrogen (secondary N) is 2. The highest BCUT2D eigenvalue weighted by atomic mass is 32.2. The number of aryl methyl sites for hydroxylation is 1. The van der Waals surface area contributed by atoms with Crippen LogP contribution in [0.25, 0.3) is 50.1 Å². The van der Waals surface area contributed by atoms with Gasteiger partial charge in [-0.05, 0) is 203 Å². The van der Waals surface area contributed by atoms with E-state index in [2.05, 4.69) is 95.8 Å². The molecular weight excluding hydrogens is 1540 g/mol. The number of aromatic nitrogens is 2. The number of carbonyl (C=O) groups is 5. The van der Waals surface area contributed by atoms with Crippen molar-refractivity contribution < 1.29 is 29.1 Å². The molecule has 7 aromatic carbocycles. The topological polar surface area (TPSA) is 190 Å². The molecule has 6 aliphatic carbocycles. The van der Waals surface area contributed by atoms with Gasteiger partial charge in [0.05, 0.1) is 49.9 Å². The third-order valence-electron chi connectivity index (χ3n) is 25.0. The van der Waals surface area contributed by atoms with Crippen LogP contribution >= 0.6 is 48.0 Å². The summed E-state index contributed by atoms with van der Waals surface area (Å²) in [5.41, 5.74) is 16.5. The van der Waals surface area contributed by atoms with Gasteiger partial charge in [0.25, 0.3) is 22.9 Å². The van der Waals surface area contributed by atoms with Crippen LogP contribution < -0.4 is 36.5 Å². The minimum Gasteiger partial charge on any atom is -0.481 e. The number of nitrogens with zero attached hydrogens (tertiary/aromatic N) is 7. The van der Waals surface area contributed by atoms with Crippen LogP contribution in [0, 0.1) is 0 Å². The summed E-state index contributed by atoms with van der Waals surface area (Å²) in [5, 5.41) is 19.8. The van der Waals surface area contributed by atoms with Crippen molar-refractivity contribution in [3.63, 3.8) is 0 Å². The summed E-state index contributed by atoms with van der Waals surface area (Å²) in [6.45, 7) is 11.8. The molecule has 2 unspecified atom stereocenters. The van der Waals surface area contributed by atoms with Gasteiger partial charge in [-0.3, -0.25) is 43.4 Å². The maximum Gasteiger partial charge on any atom is 0.305 e. The Hall–Kier alpha value is -10.2. The smallest absolute Gasteiger partial charge is 0.305 e. The molecule has 6 heterocycles. The highest BCUT2D eigenvalue weighted by molar-refractivity contribution is 8.26. The van der Waals surface area contributed by atoms with Gasteiger partial charge in [-0.25, -0.2) is 0 Å². The predicted octanol–water partition coefficient (Wildman–Crippen LogP) is 21.1. The van der Waals surface area contributed by atoms with Crippen LogP contribution in [-0.2, 0) is 20.9 Å². The Kier molecular flexibility index (Phi) is 24.5. The number of para-hydroxylation sites is 2. The van der Waals surface area contributed by atoms with Crippen molar-refractivity contribution in [2.45, 2.75) is 204 Å². The van der Waals surface area contributed by atoms with E-state index in [1.165, 1.54) is 103 Å². The molecule has 2 amide bonds. The van der Waals surface area contributed by atoms with Crippen LogP contribution in [0.3, 0.4) is 0 Å². The number of carboxylic acids is 1. The van der Waals surface area contributed by atoms with Crippen LogP contribution in [-0.4, -0.2) is 107 Å². The zero-order valence-electron chi connectivity index (χ0n) is 67.1. The molecule has 0 radical (unpaired) electrons. The molecule has 21 heteroatoms. The molecule has 602 valence electrons. The summed E-state index contributed by atoms with van der Waals surface area (Å²) in [6, 6.07) is 53.2. The van der Waals surface area contributed by atoms with Crippen molar-refractivity contribution in [2.24, 2.45) is 0 Å². The Bertz CT molecular complexity index is 5650. The maximum absolute atomic E-state index is 13.8. The van der Waals surface area contributed by atoms with Crippen LogP contribution in [0.1, 0.15) is 217 Å². The number of rotatable bonds is 17. The minimum absolute atomic E-state index is 0.00837. The summed E-state index contributed by atoms with van der Waals surface area (Å²) in [5.74, 6) is -0.482. The minimum atomic E-state index is -0.932. The lowest BCUT2D eigenvalue weighted by molar-refractivity contribution is -0.137. The third kappa shape index (κ3) is 15.9. The molecule has 17 nitrogen and oxygen atoms in total. The predicted molar refractivity (Wildman–Crippen MR) is 485 cm³/mol. The number of allylic oxidation sites excluding steroid dienone is 2. The van der Waals surface area contributed by atoms with Gasteiger partial charge < -0.3 is 39.6 Å². The Morgan fingerprint density at radius 1 is 0.521 bits per heavy atom. The average molecular weight is 1640 g/mol. The maximum atomic E-state index is 13.8. The van der Waals surface area contributed by atoms with Crippen LogP contribution in [0.15, 0.2) is 200 Å². The van der Waals surface area contributed by atoms with Gasteiger partial charge in [0.2, 0.25) is 0 Å². The normalized spacial score (nSPS) is 19.8. The zero-order valence-corrected chi connectivity index (χ0v) is 70.3. The fourth-order valence-corrected chi connectivity index (χ4v) is 22.2. The number of ketones is 2. The van der Waals surface area contributed by atoms with Crippen molar-refractivity contribution in [2.75, 3.05) is 51.5 Å². The van der Waals surface area contributed by atoms with Crippen molar-refractivity contribution in [1.82, 2.24) is 18.9 Å². The monoisotopic (exact) mass is 1640 g/mol. The van der Waals surface area contributed by atoms with Gasteiger partial charge in [0, 0.05) is 119 Å². The summed E-state index contributed by atoms with van der Waals surface area (Å²) in [7, 11) is 0. The molecule has 6 fully saturated rings. The number of carbonyl (C=O) groups excluding carboxylic acids is 4. The van der Waals surface area contributed by atoms with Gasteiger partial charge in [0.15, 0.2) is 16.7 Å². The van der Waals surface area contributed by atoms with E-state index in [0.29, 0.717) is 68.3 Å². The third-order valence-corrected chi connectivity index (χ3v) is 27.9. The van der Waals surface area contributed by atoms with E-state index < -0.39 is 5.97 Å². The standard InChI is InChI=1S/C28H30N2O2.C26H28N2O2.C22H21N3OS2.C20H22N2O3S2/c31-25-17-22-20-13-7-8-14-21(20)28(32)27-23(29-18-9-3-1-4-10-18)15-16-24(26(22)27)30(25)19-11-5-2-6-12-19;1-2-3-15-28-22-14-13-21(27-17-9-5-4-6-10-17)25-24(22)20(16-23(28)29)18-11-7-8-12-19(18)26(25)30;1-3-23-17-12-8-9-13-19(17)28-20(23)15-14-18-21(26)25(22(27)24(18)4-2)16-10-6-5-7-11-16;1-2-21-15-5-3-4-13(15)14-10-12(6-7-16(14)21)11-17-19(25)22(20(26)27-17)9-8-18(23)24/h7-8,13-19,29H,1-6,9-12H2;7-8,11-14,16-17,27H,2-6,9-10,15H2,1H3;5-15H,3-4H2,1-2H3;6-7,10-11,13,15H,2-5,8-9H2,1H3,(H,23,24)/b;;18-14-,20-15+;17-11+. The lowest BCUT2D eigenvalue weighted by Gasteiger charge is -2.30. The summed E-state index contributed by atoms with van der Waals surface area (Å²) in [4.78, 5) is 102. The van der Waals surface area contributed by atoms with Gasteiger partial charge in [-0.1, -0.05) is 198 Å². The molecule has 2 aromatic heterocycles.